The lowest BCUT2D eigenvalue weighted by Gasteiger charge is -2.06. The number of benzene rings is 1. The van der Waals surface area contributed by atoms with Crippen LogP contribution < -0.4 is 4.74 Å². The Morgan fingerprint density at radius 3 is 2.38 bits per heavy atom. The van der Waals surface area contributed by atoms with E-state index in [1.165, 1.54) is 6.07 Å². The number of nitrogens with zero attached hydrogens (tertiary/aromatic N) is 4. The third kappa shape index (κ3) is 3.15. The summed E-state index contributed by atoms with van der Waals surface area (Å²) in [6.45, 7) is 0. The number of ether oxygens (including phenoxy) is 1. The molecule has 1 heterocycles. The van der Waals surface area contributed by atoms with Crippen molar-refractivity contribution in [1.29, 1.82) is 0 Å². The van der Waals surface area contributed by atoms with Crippen LogP contribution in [0.2, 0.25) is 10.2 Å². The minimum atomic E-state index is -0.809. The Labute approximate surface area is 126 Å². The van der Waals surface area contributed by atoms with Gasteiger partial charge in [0.1, 0.15) is 12.1 Å². The summed E-state index contributed by atoms with van der Waals surface area (Å²) in [5.74, 6) is -0.462. The molecule has 2 aromatic rings. The van der Waals surface area contributed by atoms with Gasteiger partial charge in [0.25, 0.3) is 5.69 Å². The molecular formula is C10H4Cl2N4O5. The number of nitro groups is 2. The van der Waals surface area contributed by atoms with E-state index in [4.69, 9.17) is 27.9 Å². The van der Waals surface area contributed by atoms with Gasteiger partial charge in [0.15, 0.2) is 0 Å². The van der Waals surface area contributed by atoms with Gasteiger partial charge in [-0.1, -0.05) is 23.2 Å². The van der Waals surface area contributed by atoms with Crippen molar-refractivity contribution in [2.24, 2.45) is 0 Å². The first-order valence-electron chi connectivity index (χ1n) is 5.17. The topological polar surface area (TPSA) is 121 Å². The molecule has 0 unspecified atom stereocenters. The maximum absolute atomic E-state index is 10.9. The predicted octanol–water partition coefficient (Wildman–Crippen LogP) is 3.39. The summed E-state index contributed by atoms with van der Waals surface area (Å²) in [5, 5.41) is 21.0. The van der Waals surface area contributed by atoms with Crippen molar-refractivity contribution in [2.75, 3.05) is 0 Å². The molecular weight excluding hydrogens is 327 g/mol. The van der Waals surface area contributed by atoms with Gasteiger partial charge in [0.05, 0.1) is 14.9 Å². The Morgan fingerprint density at radius 2 is 1.81 bits per heavy atom. The van der Waals surface area contributed by atoms with E-state index >= 15 is 0 Å². The normalized spacial score (nSPS) is 10.2. The van der Waals surface area contributed by atoms with Crippen LogP contribution in [0, 0.1) is 20.2 Å². The van der Waals surface area contributed by atoms with E-state index in [9.17, 15) is 20.2 Å². The van der Waals surface area contributed by atoms with Gasteiger partial charge in [-0.3, -0.25) is 20.2 Å². The van der Waals surface area contributed by atoms with Gasteiger partial charge in [0.2, 0.25) is 5.15 Å². The van der Waals surface area contributed by atoms with E-state index in [2.05, 4.69) is 9.97 Å². The van der Waals surface area contributed by atoms with Gasteiger partial charge < -0.3 is 4.74 Å². The van der Waals surface area contributed by atoms with Crippen LogP contribution in [0.1, 0.15) is 0 Å². The van der Waals surface area contributed by atoms with Gasteiger partial charge >= 0.3 is 11.6 Å². The molecule has 21 heavy (non-hydrogen) atoms. The number of non-ortho nitro benzene ring substituents is 1. The monoisotopic (exact) mass is 330 g/mol. The first-order chi connectivity index (χ1) is 9.90. The fraction of sp³-hybridized carbons (Fsp3) is 0. The average Bonchev–Trinajstić information content (AvgIpc) is 2.40. The Kier molecular flexibility index (Phi) is 4.15. The Hall–Kier alpha value is -2.52. The van der Waals surface area contributed by atoms with Gasteiger partial charge in [-0.2, -0.15) is 4.98 Å². The number of rotatable bonds is 4. The van der Waals surface area contributed by atoms with Crippen molar-refractivity contribution in [3.63, 3.8) is 0 Å². The minimum Gasteiger partial charge on any atom is -0.432 e. The van der Waals surface area contributed by atoms with E-state index in [0.717, 1.165) is 18.5 Å². The van der Waals surface area contributed by atoms with Gasteiger partial charge in [-0.25, -0.2) is 4.98 Å². The molecule has 0 N–H and O–H groups in total. The molecule has 0 atom stereocenters. The summed E-state index contributed by atoms with van der Waals surface area (Å²) < 4.78 is 5.19. The number of hydrogen-bond donors (Lipinski definition) is 0. The standard InChI is InChI=1S/C10H4Cl2N4O5/c11-6-3-5(15(17)18)1-2-7(6)21-10-8(16(19)20)9(12)13-4-14-10/h1-4H. The van der Waals surface area contributed by atoms with Crippen LogP contribution in [-0.2, 0) is 0 Å². The Bertz CT molecular complexity index is 739. The predicted molar refractivity (Wildman–Crippen MR) is 71.9 cm³/mol. The summed E-state index contributed by atoms with van der Waals surface area (Å²) in [6.07, 6.45) is 0.976. The van der Waals surface area contributed by atoms with Crippen molar-refractivity contribution in [3.05, 3.63) is 54.9 Å². The molecule has 1 aromatic heterocycles. The van der Waals surface area contributed by atoms with Crippen LogP contribution >= 0.6 is 23.2 Å². The lowest BCUT2D eigenvalue weighted by atomic mass is 10.3. The van der Waals surface area contributed by atoms with Crippen LogP contribution in [0.5, 0.6) is 11.6 Å². The molecule has 0 saturated heterocycles. The number of aromatic nitrogens is 2. The minimum absolute atomic E-state index is 0.0415. The number of halogens is 2. The van der Waals surface area contributed by atoms with Gasteiger partial charge in [-0.15, -0.1) is 0 Å². The van der Waals surface area contributed by atoms with Crippen molar-refractivity contribution in [2.45, 2.75) is 0 Å². The number of hydrogen-bond acceptors (Lipinski definition) is 7. The molecule has 0 fully saturated rings. The smallest absolute Gasteiger partial charge is 0.368 e. The maximum Gasteiger partial charge on any atom is 0.368 e. The molecule has 108 valence electrons. The fourth-order valence-electron chi connectivity index (χ4n) is 1.36. The second kappa shape index (κ2) is 5.85. The summed E-state index contributed by atoms with van der Waals surface area (Å²) in [6, 6.07) is 3.38. The number of nitro benzene ring substituents is 1. The van der Waals surface area contributed by atoms with Crippen LogP contribution in [0.4, 0.5) is 11.4 Å². The molecule has 0 radical (unpaired) electrons. The molecule has 0 saturated carbocycles. The molecule has 0 aliphatic rings. The molecule has 1 aromatic carbocycles. The first-order valence-corrected chi connectivity index (χ1v) is 5.92. The SMILES string of the molecule is O=[N+]([O-])c1ccc(Oc2ncnc(Cl)c2[N+](=O)[O-])c(Cl)c1. The zero-order valence-electron chi connectivity index (χ0n) is 9.90. The summed E-state index contributed by atoms with van der Waals surface area (Å²) in [4.78, 5) is 27.1. The highest BCUT2D eigenvalue weighted by Crippen LogP contribution is 2.37. The molecule has 11 heteroatoms. The molecule has 0 amide bonds. The van der Waals surface area contributed by atoms with Crippen molar-refractivity contribution in [3.8, 4) is 11.6 Å². The second-order valence-electron chi connectivity index (χ2n) is 3.55. The van der Waals surface area contributed by atoms with E-state index in [-0.39, 0.29) is 16.5 Å². The Morgan fingerprint density at radius 1 is 1.10 bits per heavy atom. The van der Waals surface area contributed by atoms with Crippen LogP contribution in [0.3, 0.4) is 0 Å². The summed E-state index contributed by atoms with van der Waals surface area (Å²) in [5.41, 5.74) is -0.879. The molecule has 2 rings (SSSR count). The van der Waals surface area contributed by atoms with Crippen LogP contribution in [0.25, 0.3) is 0 Å². The molecule has 9 nitrogen and oxygen atoms in total. The zero-order valence-corrected chi connectivity index (χ0v) is 11.4. The lowest BCUT2D eigenvalue weighted by Crippen LogP contribution is -1.99. The van der Waals surface area contributed by atoms with E-state index in [0.29, 0.717) is 0 Å². The summed E-state index contributed by atoms with van der Waals surface area (Å²) in [7, 11) is 0. The fourth-order valence-corrected chi connectivity index (χ4v) is 1.77. The Balaban J connectivity index is 2.42. The second-order valence-corrected chi connectivity index (χ2v) is 4.31. The van der Waals surface area contributed by atoms with Gasteiger partial charge in [-0.05, 0) is 6.07 Å². The first kappa shape index (κ1) is 14.9. The molecule has 0 bridgehead atoms. The third-order valence-electron chi connectivity index (χ3n) is 2.26. The lowest BCUT2D eigenvalue weighted by molar-refractivity contribution is -0.386. The highest BCUT2D eigenvalue weighted by Gasteiger charge is 2.24. The summed E-state index contributed by atoms with van der Waals surface area (Å²) >= 11 is 11.4. The van der Waals surface area contributed by atoms with Crippen LogP contribution in [0.15, 0.2) is 24.5 Å². The maximum atomic E-state index is 10.9. The zero-order chi connectivity index (χ0) is 15.6. The average molecular weight is 331 g/mol. The molecule has 0 spiro atoms. The highest BCUT2D eigenvalue weighted by atomic mass is 35.5. The van der Waals surface area contributed by atoms with E-state index < -0.39 is 26.6 Å². The van der Waals surface area contributed by atoms with Crippen LogP contribution in [-0.4, -0.2) is 19.8 Å². The largest absolute Gasteiger partial charge is 0.432 e. The van der Waals surface area contributed by atoms with Gasteiger partial charge in [0, 0.05) is 12.1 Å². The highest BCUT2D eigenvalue weighted by molar-refractivity contribution is 6.32. The van der Waals surface area contributed by atoms with E-state index in [1.54, 1.807) is 0 Å². The van der Waals surface area contributed by atoms with Crippen molar-refractivity contribution < 1.29 is 14.6 Å². The molecule has 0 aliphatic heterocycles. The molecule has 0 aliphatic carbocycles. The third-order valence-corrected chi connectivity index (χ3v) is 2.83. The quantitative estimate of drug-likeness (QED) is 0.478. The van der Waals surface area contributed by atoms with Crippen molar-refractivity contribution in [1.82, 2.24) is 9.97 Å². The van der Waals surface area contributed by atoms with E-state index in [1.807, 2.05) is 0 Å². The van der Waals surface area contributed by atoms with Crippen molar-refractivity contribution >= 4 is 34.6 Å².